The summed E-state index contributed by atoms with van der Waals surface area (Å²) in [5.74, 6) is 0. The molecule has 3 aromatic rings. The van der Waals surface area contributed by atoms with Gasteiger partial charge in [-0.2, -0.15) is 5.10 Å². The van der Waals surface area contributed by atoms with Crippen molar-refractivity contribution >= 4 is 17.0 Å². The average Bonchev–Trinajstić information content (AvgIpc) is 3.07. The largest absolute Gasteiger partial charge is 0.380 e. The summed E-state index contributed by atoms with van der Waals surface area (Å²) in [7, 11) is 0. The quantitative estimate of drug-likeness (QED) is 0.763. The lowest BCUT2D eigenvalue weighted by atomic mass is 10.2. The molecule has 0 fully saturated rings. The summed E-state index contributed by atoms with van der Waals surface area (Å²) >= 11 is 1.71. The maximum atomic E-state index is 4.17. The van der Waals surface area contributed by atoms with E-state index in [1.807, 2.05) is 31.6 Å². The van der Waals surface area contributed by atoms with Crippen LogP contribution in [-0.2, 0) is 6.54 Å². The monoisotopic (exact) mass is 270 g/mol. The van der Waals surface area contributed by atoms with E-state index in [2.05, 4.69) is 38.0 Å². The van der Waals surface area contributed by atoms with E-state index in [0.29, 0.717) is 0 Å². The van der Waals surface area contributed by atoms with Crippen molar-refractivity contribution in [1.82, 2.24) is 15.2 Å². The van der Waals surface area contributed by atoms with Crippen LogP contribution in [-0.4, -0.2) is 15.2 Å². The van der Waals surface area contributed by atoms with Crippen LogP contribution in [0.25, 0.3) is 10.6 Å². The lowest BCUT2D eigenvalue weighted by Gasteiger charge is -2.06. The summed E-state index contributed by atoms with van der Waals surface area (Å²) in [6, 6.07) is 6.22. The van der Waals surface area contributed by atoms with Crippen molar-refractivity contribution in [3.63, 3.8) is 0 Å². The molecule has 0 amide bonds. The van der Waals surface area contributed by atoms with Gasteiger partial charge in [-0.3, -0.25) is 10.1 Å². The fourth-order valence-electron chi connectivity index (χ4n) is 1.93. The van der Waals surface area contributed by atoms with E-state index in [-0.39, 0.29) is 0 Å². The van der Waals surface area contributed by atoms with E-state index >= 15 is 0 Å². The van der Waals surface area contributed by atoms with Gasteiger partial charge >= 0.3 is 0 Å². The molecule has 0 atom stereocenters. The summed E-state index contributed by atoms with van der Waals surface area (Å²) < 4.78 is 0. The fourth-order valence-corrected chi connectivity index (χ4v) is 2.68. The van der Waals surface area contributed by atoms with Gasteiger partial charge in [0, 0.05) is 24.5 Å². The Balaban J connectivity index is 1.76. The summed E-state index contributed by atoms with van der Waals surface area (Å²) in [6.45, 7) is 2.77. The van der Waals surface area contributed by atoms with Crippen LogP contribution in [0.1, 0.15) is 11.1 Å². The van der Waals surface area contributed by atoms with Crippen LogP contribution >= 0.6 is 11.3 Å². The molecule has 2 N–H and O–H groups in total. The van der Waals surface area contributed by atoms with Crippen LogP contribution in [0.5, 0.6) is 0 Å². The number of hydrogen-bond acceptors (Lipinski definition) is 4. The number of hydrogen-bond donors (Lipinski definition) is 2. The van der Waals surface area contributed by atoms with Gasteiger partial charge in [-0.05, 0) is 30.0 Å². The van der Waals surface area contributed by atoms with E-state index in [0.717, 1.165) is 29.1 Å². The molecule has 0 aliphatic rings. The van der Waals surface area contributed by atoms with Crippen molar-refractivity contribution in [3.8, 4) is 10.6 Å². The van der Waals surface area contributed by atoms with E-state index in [1.54, 1.807) is 11.3 Å². The van der Waals surface area contributed by atoms with Crippen LogP contribution < -0.4 is 5.32 Å². The standard InChI is InChI=1S/C14H14N4S/c1-10-5-12(9-15-6-10)16-7-11-8-17-18-14(11)13-3-2-4-19-13/h2-6,8-9,16H,7H2,1H3,(H,17,18). The molecule has 0 bridgehead atoms. The van der Waals surface area contributed by atoms with Crippen LogP contribution in [0.2, 0.25) is 0 Å². The predicted molar refractivity (Wildman–Crippen MR) is 78.2 cm³/mol. The zero-order valence-electron chi connectivity index (χ0n) is 10.6. The maximum absolute atomic E-state index is 4.17. The molecule has 19 heavy (non-hydrogen) atoms. The Morgan fingerprint density at radius 1 is 1.32 bits per heavy atom. The molecule has 0 saturated heterocycles. The van der Waals surface area contributed by atoms with Crippen molar-refractivity contribution in [3.05, 3.63) is 53.3 Å². The van der Waals surface area contributed by atoms with Crippen LogP contribution in [0.3, 0.4) is 0 Å². The second-order valence-corrected chi connectivity index (χ2v) is 5.30. The van der Waals surface area contributed by atoms with Crippen molar-refractivity contribution in [1.29, 1.82) is 0 Å². The van der Waals surface area contributed by atoms with Crippen molar-refractivity contribution < 1.29 is 0 Å². The molecule has 3 aromatic heterocycles. The topological polar surface area (TPSA) is 53.6 Å². The normalized spacial score (nSPS) is 10.6. The zero-order valence-corrected chi connectivity index (χ0v) is 11.4. The lowest BCUT2D eigenvalue weighted by molar-refractivity contribution is 1.10. The Morgan fingerprint density at radius 2 is 2.26 bits per heavy atom. The first-order valence-corrected chi connectivity index (χ1v) is 6.92. The molecule has 96 valence electrons. The molecular formula is C14H14N4S. The highest BCUT2D eigenvalue weighted by atomic mass is 32.1. The highest BCUT2D eigenvalue weighted by molar-refractivity contribution is 7.13. The van der Waals surface area contributed by atoms with Gasteiger partial charge < -0.3 is 5.32 Å². The first-order chi connectivity index (χ1) is 9.33. The Labute approximate surface area is 115 Å². The molecule has 0 aliphatic carbocycles. The van der Waals surface area contributed by atoms with Crippen molar-refractivity contribution in [2.75, 3.05) is 5.32 Å². The number of nitrogens with zero attached hydrogens (tertiary/aromatic N) is 2. The minimum absolute atomic E-state index is 0.731. The van der Waals surface area contributed by atoms with Crippen molar-refractivity contribution in [2.45, 2.75) is 13.5 Å². The molecule has 4 nitrogen and oxygen atoms in total. The van der Waals surface area contributed by atoms with E-state index in [4.69, 9.17) is 0 Å². The van der Waals surface area contributed by atoms with Gasteiger partial charge in [-0.1, -0.05) is 6.07 Å². The molecule has 0 spiro atoms. The maximum Gasteiger partial charge on any atom is 0.0799 e. The molecule has 0 aliphatic heterocycles. The average molecular weight is 270 g/mol. The summed E-state index contributed by atoms with van der Waals surface area (Å²) in [6.07, 6.45) is 5.54. The molecular weight excluding hydrogens is 256 g/mol. The zero-order chi connectivity index (χ0) is 13.1. The summed E-state index contributed by atoms with van der Waals surface area (Å²) in [4.78, 5) is 5.38. The van der Waals surface area contributed by atoms with Gasteiger partial charge in [0.15, 0.2) is 0 Å². The Bertz CT molecular complexity index is 658. The SMILES string of the molecule is Cc1cncc(NCc2cn[nH]c2-c2cccs2)c1. The Morgan fingerprint density at radius 3 is 3.05 bits per heavy atom. The third-order valence-corrected chi connectivity index (χ3v) is 3.73. The molecule has 5 heteroatoms. The molecule has 0 unspecified atom stereocenters. The second kappa shape index (κ2) is 5.24. The molecule has 0 saturated carbocycles. The predicted octanol–water partition coefficient (Wildman–Crippen LogP) is 3.45. The van der Waals surface area contributed by atoms with Gasteiger partial charge in [0.1, 0.15) is 0 Å². The molecule has 0 aromatic carbocycles. The fraction of sp³-hybridized carbons (Fsp3) is 0.143. The number of nitrogens with one attached hydrogen (secondary N) is 2. The summed E-state index contributed by atoms with van der Waals surface area (Å²) in [5, 5.41) is 12.6. The number of aromatic nitrogens is 3. The van der Waals surface area contributed by atoms with Crippen LogP contribution in [0, 0.1) is 6.92 Å². The Kier molecular flexibility index (Phi) is 3.29. The van der Waals surface area contributed by atoms with Gasteiger partial charge in [0.25, 0.3) is 0 Å². The number of pyridine rings is 1. The first-order valence-electron chi connectivity index (χ1n) is 6.04. The van der Waals surface area contributed by atoms with Gasteiger partial charge in [-0.15, -0.1) is 11.3 Å². The highest BCUT2D eigenvalue weighted by Gasteiger charge is 2.08. The lowest BCUT2D eigenvalue weighted by Crippen LogP contribution is -2.00. The van der Waals surface area contributed by atoms with Gasteiger partial charge in [0.05, 0.1) is 22.5 Å². The van der Waals surface area contributed by atoms with Crippen molar-refractivity contribution in [2.24, 2.45) is 0 Å². The molecule has 3 rings (SSSR count). The van der Waals surface area contributed by atoms with E-state index in [1.165, 1.54) is 4.88 Å². The Hall–Kier alpha value is -2.14. The number of thiophene rings is 1. The minimum atomic E-state index is 0.731. The van der Waals surface area contributed by atoms with Gasteiger partial charge in [0.2, 0.25) is 0 Å². The minimum Gasteiger partial charge on any atom is -0.380 e. The smallest absolute Gasteiger partial charge is 0.0799 e. The molecule has 0 radical (unpaired) electrons. The van der Waals surface area contributed by atoms with Gasteiger partial charge in [-0.25, -0.2) is 0 Å². The number of anilines is 1. The van der Waals surface area contributed by atoms with Crippen LogP contribution in [0.15, 0.2) is 42.2 Å². The number of aromatic amines is 1. The van der Waals surface area contributed by atoms with Crippen LogP contribution in [0.4, 0.5) is 5.69 Å². The third-order valence-electron chi connectivity index (χ3n) is 2.84. The first kappa shape index (κ1) is 11.9. The third kappa shape index (κ3) is 2.66. The molecule has 3 heterocycles. The second-order valence-electron chi connectivity index (χ2n) is 4.35. The number of rotatable bonds is 4. The number of H-pyrrole nitrogens is 1. The highest BCUT2D eigenvalue weighted by Crippen LogP contribution is 2.26. The number of aryl methyl sites for hydroxylation is 1. The summed E-state index contributed by atoms with van der Waals surface area (Å²) in [5.41, 5.74) is 4.42. The van der Waals surface area contributed by atoms with E-state index in [9.17, 15) is 0 Å². The van der Waals surface area contributed by atoms with E-state index < -0.39 is 0 Å².